The fourth-order valence-corrected chi connectivity index (χ4v) is 2.39. The quantitative estimate of drug-likeness (QED) is 0.758. The number of nitrogens with zero attached hydrogens (tertiary/aromatic N) is 3. The lowest BCUT2D eigenvalue weighted by atomic mass is 10.1. The average Bonchev–Trinajstić information content (AvgIpc) is 2.83. The van der Waals surface area contributed by atoms with E-state index in [-0.39, 0.29) is 0 Å². The minimum absolute atomic E-state index is 0.339. The van der Waals surface area contributed by atoms with Crippen LogP contribution in [-0.2, 0) is 0 Å². The molecule has 0 spiro atoms. The Morgan fingerprint density at radius 1 is 1.27 bits per heavy atom. The van der Waals surface area contributed by atoms with Crippen LogP contribution in [0.5, 0.6) is 0 Å². The third kappa shape index (κ3) is 1.41. The lowest BCUT2D eigenvalue weighted by molar-refractivity contribution is 0.636. The van der Waals surface area contributed by atoms with Crippen LogP contribution in [0.15, 0.2) is 24.4 Å². The Balaban J connectivity index is 2.04. The van der Waals surface area contributed by atoms with Gasteiger partial charge in [-0.05, 0) is 31.4 Å². The molecular weight excluding hydrogens is 188 g/mol. The van der Waals surface area contributed by atoms with Crippen LogP contribution in [0.4, 0.5) is 0 Å². The van der Waals surface area contributed by atoms with Gasteiger partial charge >= 0.3 is 0 Å². The highest BCUT2D eigenvalue weighted by Crippen LogP contribution is 2.32. The zero-order valence-electron chi connectivity index (χ0n) is 8.50. The molecule has 2 N–H and O–H groups in total. The largest absolute Gasteiger partial charge is 0.328 e. The Morgan fingerprint density at radius 2 is 2.20 bits per heavy atom. The number of fused-ring (bicyclic) bond motifs is 1. The van der Waals surface area contributed by atoms with E-state index in [0.717, 1.165) is 30.7 Å². The van der Waals surface area contributed by atoms with Gasteiger partial charge in [0.25, 0.3) is 0 Å². The zero-order valence-corrected chi connectivity index (χ0v) is 8.50. The van der Waals surface area contributed by atoms with Crippen molar-refractivity contribution >= 4 is 5.65 Å². The van der Waals surface area contributed by atoms with Crippen LogP contribution in [0.1, 0.15) is 31.0 Å². The molecule has 0 radical (unpaired) electrons. The van der Waals surface area contributed by atoms with Gasteiger partial charge in [0.05, 0.1) is 0 Å². The molecule has 3 rings (SSSR count). The van der Waals surface area contributed by atoms with Crippen molar-refractivity contribution in [3.8, 4) is 0 Å². The monoisotopic (exact) mass is 202 g/mol. The molecule has 1 aliphatic carbocycles. The Morgan fingerprint density at radius 3 is 3.00 bits per heavy atom. The summed E-state index contributed by atoms with van der Waals surface area (Å²) in [6.45, 7) is 0. The average molecular weight is 202 g/mol. The van der Waals surface area contributed by atoms with E-state index in [1.54, 1.807) is 0 Å². The van der Waals surface area contributed by atoms with E-state index in [2.05, 4.69) is 14.6 Å². The molecule has 0 aliphatic heterocycles. The number of hydrogen-bond acceptors (Lipinski definition) is 3. The van der Waals surface area contributed by atoms with E-state index < -0.39 is 0 Å². The van der Waals surface area contributed by atoms with Crippen molar-refractivity contribution < 1.29 is 0 Å². The lowest BCUT2D eigenvalue weighted by Crippen LogP contribution is -2.14. The molecule has 0 saturated heterocycles. The maximum Gasteiger partial charge on any atom is 0.160 e. The first-order valence-electron chi connectivity index (χ1n) is 5.40. The number of pyridine rings is 1. The maximum atomic E-state index is 5.92. The van der Waals surface area contributed by atoms with Gasteiger partial charge in [-0.2, -0.15) is 0 Å². The summed E-state index contributed by atoms with van der Waals surface area (Å²) in [6, 6.07) is 6.31. The summed E-state index contributed by atoms with van der Waals surface area (Å²) in [5.41, 5.74) is 6.84. The Hall–Kier alpha value is -1.42. The summed E-state index contributed by atoms with van der Waals surface area (Å²) in [5, 5.41) is 8.43. The zero-order chi connectivity index (χ0) is 10.3. The van der Waals surface area contributed by atoms with Gasteiger partial charge in [-0.15, -0.1) is 10.2 Å². The molecule has 0 amide bonds. The van der Waals surface area contributed by atoms with Crippen LogP contribution in [0.3, 0.4) is 0 Å². The summed E-state index contributed by atoms with van der Waals surface area (Å²) in [4.78, 5) is 0. The fourth-order valence-electron chi connectivity index (χ4n) is 2.39. The molecule has 78 valence electrons. The molecular formula is C11H14N4. The van der Waals surface area contributed by atoms with E-state index in [1.165, 1.54) is 0 Å². The van der Waals surface area contributed by atoms with Gasteiger partial charge in [-0.1, -0.05) is 6.07 Å². The molecule has 0 bridgehead atoms. The van der Waals surface area contributed by atoms with Gasteiger partial charge in [0.15, 0.2) is 5.65 Å². The predicted octanol–water partition coefficient (Wildman–Crippen LogP) is 1.32. The number of hydrogen-bond donors (Lipinski definition) is 1. The highest BCUT2D eigenvalue weighted by molar-refractivity contribution is 5.37. The van der Waals surface area contributed by atoms with Crippen molar-refractivity contribution in [2.75, 3.05) is 0 Å². The van der Waals surface area contributed by atoms with E-state index in [9.17, 15) is 0 Å². The third-order valence-electron chi connectivity index (χ3n) is 3.18. The van der Waals surface area contributed by atoms with Gasteiger partial charge in [-0.3, -0.25) is 4.40 Å². The summed E-state index contributed by atoms with van der Waals surface area (Å²) in [7, 11) is 0. The van der Waals surface area contributed by atoms with Crippen molar-refractivity contribution in [1.82, 2.24) is 14.6 Å². The molecule has 2 aromatic rings. The second-order valence-electron chi connectivity index (χ2n) is 4.26. The summed E-state index contributed by atoms with van der Waals surface area (Å²) in [5.74, 6) is 1.55. The van der Waals surface area contributed by atoms with Gasteiger partial charge < -0.3 is 5.73 Å². The van der Waals surface area contributed by atoms with Crippen LogP contribution >= 0.6 is 0 Å². The standard InChI is InChI=1S/C11H14N4/c12-9-5-4-8(7-9)11-14-13-10-3-1-2-6-15(10)11/h1-3,6,8-9H,4-5,7,12H2/t8-,9+/m1/s1. The maximum absolute atomic E-state index is 5.92. The fraction of sp³-hybridized carbons (Fsp3) is 0.455. The second-order valence-corrected chi connectivity index (χ2v) is 4.26. The molecule has 1 aliphatic rings. The number of aromatic nitrogens is 3. The lowest BCUT2D eigenvalue weighted by Gasteiger charge is -2.06. The molecule has 15 heavy (non-hydrogen) atoms. The van der Waals surface area contributed by atoms with E-state index in [0.29, 0.717) is 12.0 Å². The molecule has 0 unspecified atom stereocenters. The van der Waals surface area contributed by atoms with Crippen LogP contribution in [0, 0.1) is 0 Å². The number of nitrogens with two attached hydrogens (primary N) is 1. The molecule has 4 heteroatoms. The van der Waals surface area contributed by atoms with Crippen molar-refractivity contribution in [2.24, 2.45) is 5.73 Å². The summed E-state index contributed by atoms with van der Waals surface area (Å²) >= 11 is 0. The van der Waals surface area contributed by atoms with Gasteiger partial charge in [-0.25, -0.2) is 0 Å². The minimum atomic E-state index is 0.339. The Kier molecular flexibility index (Phi) is 1.95. The summed E-state index contributed by atoms with van der Waals surface area (Å²) in [6.07, 6.45) is 5.30. The Bertz CT molecular complexity index is 476. The Labute approximate surface area is 88.1 Å². The van der Waals surface area contributed by atoms with Gasteiger partial charge in [0, 0.05) is 18.2 Å². The predicted molar refractivity (Wildman–Crippen MR) is 57.6 cm³/mol. The van der Waals surface area contributed by atoms with E-state index >= 15 is 0 Å². The molecule has 1 fully saturated rings. The van der Waals surface area contributed by atoms with Crippen LogP contribution in [-0.4, -0.2) is 20.6 Å². The van der Waals surface area contributed by atoms with Crippen LogP contribution in [0.2, 0.25) is 0 Å². The van der Waals surface area contributed by atoms with Crippen LogP contribution in [0.25, 0.3) is 5.65 Å². The molecule has 2 aromatic heterocycles. The minimum Gasteiger partial charge on any atom is -0.328 e. The highest BCUT2D eigenvalue weighted by Gasteiger charge is 2.26. The summed E-state index contributed by atoms with van der Waals surface area (Å²) < 4.78 is 2.07. The van der Waals surface area contributed by atoms with Crippen molar-refractivity contribution in [3.63, 3.8) is 0 Å². The molecule has 0 aromatic carbocycles. The van der Waals surface area contributed by atoms with Crippen molar-refractivity contribution in [2.45, 2.75) is 31.2 Å². The normalized spacial score (nSPS) is 26.2. The highest BCUT2D eigenvalue weighted by atomic mass is 15.2. The third-order valence-corrected chi connectivity index (χ3v) is 3.18. The first kappa shape index (κ1) is 8.85. The van der Waals surface area contributed by atoms with Gasteiger partial charge in [0.1, 0.15) is 5.82 Å². The van der Waals surface area contributed by atoms with E-state index in [1.807, 2.05) is 24.4 Å². The molecule has 1 saturated carbocycles. The SMILES string of the molecule is N[C@H]1CC[C@@H](c2nnc3ccccn23)C1. The first-order valence-corrected chi connectivity index (χ1v) is 5.40. The molecule has 2 heterocycles. The van der Waals surface area contributed by atoms with Crippen molar-refractivity contribution in [3.05, 3.63) is 30.2 Å². The van der Waals surface area contributed by atoms with E-state index in [4.69, 9.17) is 5.73 Å². The molecule has 4 nitrogen and oxygen atoms in total. The molecule has 2 atom stereocenters. The second kappa shape index (κ2) is 3.31. The smallest absolute Gasteiger partial charge is 0.160 e. The number of rotatable bonds is 1. The van der Waals surface area contributed by atoms with Gasteiger partial charge in [0.2, 0.25) is 0 Å². The van der Waals surface area contributed by atoms with Crippen LogP contribution < -0.4 is 5.73 Å². The van der Waals surface area contributed by atoms with Crippen molar-refractivity contribution in [1.29, 1.82) is 0 Å². The topological polar surface area (TPSA) is 56.2 Å². The first-order chi connectivity index (χ1) is 7.34.